The van der Waals surface area contributed by atoms with Crippen molar-refractivity contribution in [3.8, 4) is 78.8 Å². The van der Waals surface area contributed by atoms with Crippen LogP contribution in [0.2, 0.25) is 0 Å². The van der Waals surface area contributed by atoms with E-state index in [0.717, 1.165) is 66.7 Å². The molecule has 0 amide bonds. The molecule has 0 N–H and O–H groups in total. The van der Waals surface area contributed by atoms with Crippen molar-refractivity contribution in [3.63, 3.8) is 0 Å². The zero-order valence-electron chi connectivity index (χ0n) is 30.4. The standard InChI is InChI=1S/C52H34N4/c1-4-13-35(14-5-1)36-23-27-41(28-24-36)51-54-50(40-18-8-3-9-19-40)55-52(56-51)42-29-25-37(26-30-42)43-20-12-21-44(33-43)46-34-48(39-16-6-2-7-17-39)53-47-32-31-38-15-10-11-22-45(38)49(46)47/h1-34H. The van der Waals surface area contributed by atoms with Gasteiger partial charge in [0.1, 0.15) is 0 Å². The van der Waals surface area contributed by atoms with Crippen LogP contribution in [0.4, 0.5) is 0 Å². The zero-order valence-corrected chi connectivity index (χ0v) is 30.4. The number of aromatic nitrogens is 4. The van der Waals surface area contributed by atoms with Crippen molar-refractivity contribution < 1.29 is 0 Å². The number of rotatable bonds is 7. The Morgan fingerprint density at radius 2 is 0.714 bits per heavy atom. The smallest absolute Gasteiger partial charge is 0.164 e. The Kier molecular flexibility index (Phi) is 8.47. The molecule has 0 bridgehead atoms. The normalized spacial score (nSPS) is 11.2. The van der Waals surface area contributed by atoms with Gasteiger partial charge in [0.25, 0.3) is 0 Å². The maximum Gasteiger partial charge on any atom is 0.164 e. The number of hydrogen-bond donors (Lipinski definition) is 0. The van der Waals surface area contributed by atoms with Crippen LogP contribution in [0.5, 0.6) is 0 Å². The Morgan fingerprint density at radius 3 is 1.34 bits per heavy atom. The predicted octanol–water partition coefficient (Wildman–Crippen LogP) is 13.2. The third-order valence-corrected chi connectivity index (χ3v) is 10.3. The van der Waals surface area contributed by atoms with E-state index in [4.69, 9.17) is 19.9 Å². The van der Waals surface area contributed by atoms with Gasteiger partial charge in [-0.3, -0.25) is 0 Å². The first-order valence-electron chi connectivity index (χ1n) is 18.8. The largest absolute Gasteiger partial charge is 0.248 e. The summed E-state index contributed by atoms with van der Waals surface area (Å²) in [4.78, 5) is 20.1. The molecule has 2 aromatic heterocycles. The lowest BCUT2D eigenvalue weighted by Crippen LogP contribution is -2.00. The highest BCUT2D eigenvalue weighted by Crippen LogP contribution is 2.38. The van der Waals surface area contributed by atoms with Gasteiger partial charge >= 0.3 is 0 Å². The molecular formula is C52H34N4. The Hall–Kier alpha value is -7.56. The number of hydrogen-bond acceptors (Lipinski definition) is 4. The average molecular weight is 715 g/mol. The summed E-state index contributed by atoms with van der Waals surface area (Å²) >= 11 is 0. The summed E-state index contributed by atoms with van der Waals surface area (Å²) in [5.41, 5.74) is 12.7. The van der Waals surface area contributed by atoms with Crippen LogP contribution in [-0.4, -0.2) is 19.9 Å². The van der Waals surface area contributed by atoms with E-state index in [1.807, 2.05) is 42.5 Å². The fraction of sp³-hybridized carbons (Fsp3) is 0. The summed E-state index contributed by atoms with van der Waals surface area (Å²) in [7, 11) is 0. The first-order valence-corrected chi connectivity index (χ1v) is 18.8. The molecule has 0 aliphatic rings. The molecule has 10 rings (SSSR count). The van der Waals surface area contributed by atoms with Gasteiger partial charge in [-0.25, -0.2) is 19.9 Å². The molecule has 2 heterocycles. The third kappa shape index (κ3) is 6.40. The Morgan fingerprint density at radius 1 is 0.268 bits per heavy atom. The first kappa shape index (κ1) is 33.0. The van der Waals surface area contributed by atoms with Crippen LogP contribution in [0.3, 0.4) is 0 Å². The topological polar surface area (TPSA) is 51.6 Å². The first-order chi connectivity index (χ1) is 27.7. The molecule has 0 aliphatic heterocycles. The molecule has 4 heteroatoms. The minimum Gasteiger partial charge on any atom is -0.248 e. The summed E-state index contributed by atoms with van der Waals surface area (Å²) in [6.45, 7) is 0. The quantitative estimate of drug-likeness (QED) is 0.154. The molecule has 262 valence electrons. The second kappa shape index (κ2) is 14.3. The van der Waals surface area contributed by atoms with E-state index in [0.29, 0.717) is 17.5 Å². The van der Waals surface area contributed by atoms with Gasteiger partial charge < -0.3 is 0 Å². The van der Waals surface area contributed by atoms with Gasteiger partial charge in [-0.1, -0.05) is 188 Å². The van der Waals surface area contributed by atoms with Crippen molar-refractivity contribution in [1.82, 2.24) is 19.9 Å². The highest BCUT2D eigenvalue weighted by molar-refractivity contribution is 6.14. The lowest BCUT2D eigenvalue weighted by atomic mass is 9.92. The molecular weight excluding hydrogens is 681 g/mol. The van der Waals surface area contributed by atoms with Gasteiger partial charge in [-0.15, -0.1) is 0 Å². The summed E-state index contributed by atoms with van der Waals surface area (Å²) in [6, 6.07) is 71.8. The summed E-state index contributed by atoms with van der Waals surface area (Å²) in [5.74, 6) is 1.91. The molecule has 0 fully saturated rings. The Balaban J connectivity index is 1.03. The second-order valence-corrected chi connectivity index (χ2v) is 13.9. The van der Waals surface area contributed by atoms with Gasteiger partial charge in [0.15, 0.2) is 17.5 Å². The van der Waals surface area contributed by atoms with Crippen molar-refractivity contribution in [3.05, 3.63) is 206 Å². The van der Waals surface area contributed by atoms with E-state index in [-0.39, 0.29) is 0 Å². The predicted molar refractivity (Wildman–Crippen MR) is 231 cm³/mol. The fourth-order valence-electron chi connectivity index (χ4n) is 7.46. The van der Waals surface area contributed by atoms with Crippen LogP contribution in [0.1, 0.15) is 0 Å². The zero-order chi connectivity index (χ0) is 37.3. The van der Waals surface area contributed by atoms with Crippen LogP contribution >= 0.6 is 0 Å². The van der Waals surface area contributed by atoms with Crippen molar-refractivity contribution >= 4 is 21.7 Å². The van der Waals surface area contributed by atoms with Gasteiger partial charge in [-0.2, -0.15) is 0 Å². The SMILES string of the molecule is c1ccc(-c2ccc(-c3nc(-c4ccccc4)nc(-c4ccc(-c5cccc(-c6cc(-c7ccccc7)nc7ccc8ccccc8c67)c5)cc4)n3)cc2)cc1. The third-order valence-electron chi connectivity index (χ3n) is 10.3. The second-order valence-electron chi connectivity index (χ2n) is 13.9. The summed E-state index contributed by atoms with van der Waals surface area (Å²) in [6.07, 6.45) is 0. The number of benzene rings is 8. The number of pyridine rings is 1. The van der Waals surface area contributed by atoms with Crippen molar-refractivity contribution in [2.75, 3.05) is 0 Å². The Bertz CT molecular complexity index is 2980. The molecule has 10 aromatic rings. The molecule has 0 atom stereocenters. The lowest BCUT2D eigenvalue weighted by Gasteiger charge is -2.14. The maximum absolute atomic E-state index is 5.15. The van der Waals surface area contributed by atoms with E-state index in [1.54, 1.807) is 0 Å². The van der Waals surface area contributed by atoms with Crippen molar-refractivity contribution in [2.45, 2.75) is 0 Å². The Labute approximate surface area is 325 Å². The lowest BCUT2D eigenvalue weighted by molar-refractivity contribution is 1.07. The number of fused-ring (bicyclic) bond motifs is 3. The minimum absolute atomic E-state index is 0.630. The molecule has 0 saturated heterocycles. The monoisotopic (exact) mass is 714 g/mol. The van der Waals surface area contributed by atoms with Crippen molar-refractivity contribution in [1.29, 1.82) is 0 Å². The molecule has 0 unspecified atom stereocenters. The summed E-state index contributed by atoms with van der Waals surface area (Å²) < 4.78 is 0. The van der Waals surface area contributed by atoms with Crippen molar-refractivity contribution in [2.24, 2.45) is 0 Å². The minimum atomic E-state index is 0.630. The van der Waals surface area contributed by atoms with E-state index in [9.17, 15) is 0 Å². The van der Waals surface area contributed by atoms with Gasteiger partial charge in [0, 0.05) is 27.6 Å². The molecule has 0 saturated carbocycles. The average Bonchev–Trinajstić information content (AvgIpc) is 3.29. The van der Waals surface area contributed by atoms with Crippen LogP contribution < -0.4 is 0 Å². The number of nitrogens with zero attached hydrogens (tertiary/aromatic N) is 4. The van der Waals surface area contributed by atoms with Crippen LogP contribution in [-0.2, 0) is 0 Å². The molecule has 0 spiro atoms. The van der Waals surface area contributed by atoms with Gasteiger partial charge in [-0.05, 0) is 62.4 Å². The molecule has 0 aliphatic carbocycles. The van der Waals surface area contributed by atoms with E-state index in [2.05, 4.69) is 164 Å². The molecule has 8 aromatic carbocycles. The molecule has 56 heavy (non-hydrogen) atoms. The fourth-order valence-corrected chi connectivity index (χ4v) is 7.46. The highest BCUT2D eigenvalue weighted by atomic mass is 15.0. The molecule has 0 radical (unpaired) electrons. The van der Waals surface area contributed by atoms with E-state index in [1.165, 1.54) is 16.3 Å². The van der Waals surface area contributed by atoms with Crippen LogP contribution in [0, 0.1) is 0 Å². The van der Waals surface area contributed by atoms with Crippen LogP contribution in [0.25, 0.3) is 100 Å². The van der Waals surface area contributed by atoms with E-state index >= 15 is 0 Å². The van der Waals surface area contributed by atoms with Crippen LogP contribution in [0.15, 0.2) is 206 Å². The maximum atomic E-state index is 5.15. The molecule has 4 nitrogen and oxygen atoms in total. The highest BCUT2D eigenvalue weighted by Gasteiger charge is 2.15. The van der Waals surface area contributed by atoms with E-state index < -0.39 is 0 Å². The van der Waals surface area contributed by atoms with Gasteiger partial charge in [0.2, 0.25) is 0 Å². The van der Waals surface area contributed by atoms with Gasteiger partial charge in [0.05, 0.1) is 11.2 Å². The summed E-state index contributed by atoms with van der Waals surface area (Å²) in [5, 5.41) is 3.55.